The Kier molecular flexibility index (Phi) is 11.6. The van der Waals surface area contributed by atoms with Crippen LogP contribution >= 0.6 is 0 Å². The van der Waals surface area contributed by atoms with E-state index >= 15 is 0 Å². The van der Waals surface area contributed by atoms with Crippen LogP contribution in [0.1, 0.15) is 46.0 Å². The lowest BCUT2D eigenvalue weighted by Gasteiger charge is -2.30. The monoisotopic (exact) mass is 471 g/mol. The highest BCUT2D eigenvalue weighted by Crippen LogP contribution is 2.21. The van der Waals surface area contributed by atoms with E-state index in [1.807, 2.05) is 13.8 Å². The molecule has 5 unspecified atom stereocenters. The number of nitrogens with zero attached hydrogens (tertiary/aromatic N) is 2. The van der Waals surface area contributed by atoms with Crippen molar-refractivity contribution >= 4 is 29.7 Å². The molecule has 10 N–H and O–H groups in total. The topological polar surface area (TPSA) is 226 Å². The van der Waals surface area contributed by atoms with Gasteiger partial charge < -0.3 is 42.9 Å². The number of aliphatic hydroxyl groups is 1. The van der Waals surface area contributed by atoms with Crippen LogP contribution in [0.5, 0.6) is 0 Å². The number of hydrogen-bond acceptors (Lipinski definition) is 7. The number of nitrogens with two attached hydrogens (primary N) is 3. The van der Waals surface area contributed by atoms with Gasteiger partial charge in [0.15, 0.2) is 5.96 Å². The summed E-state index contributed by atoms with van der Waals surface area (Å²) in [5.74, 6) is -3.21. The van der Waals surface area contributed by atoms with Crippen molar-refractivity contribution in [2.45, 2.75) is 70.1 Å². The van der Waals surface area contributed by atoms with E-state index in [-0.39, 0.29) is 30.8 Å². The van der Waals surface area contributed by atoms with E-state index in [1.54, 1.807) is 0 Å². The summed E-state index contributed by atoms with van der Waals surface area (Å²) in [7, 11) is 0. The Hall–Kier alpha value is -2.93. The number of rotatable bonds is 13. The normalized spacial score (nSPS) is 19.2. The molecule has 0 aromatic rings. The van der Waals surface area contributed by atoms with Gasteiger partial charge in [0.25, 0.3) is 0 Å². The maximum absolute atomic E-state index is 13.0. The first-order valence-electron chi connectivity index (χ1n) is 11.1. The van der Waals surface area contributed by atoms with Gasteiger partial charge in [-0.2, -0.15) is 0 Å². The fraction of sp³-hybridized carbons (Fsp3) is 0.750. The van der Waals surface area contributed by atoms with Crippen LogP contribution in [0, 0.1) is 5.92 Å². The summed E-state index contributed by atoms with van der Waals surface area (Å²) < 4.78 is 0. The molecule has 13 heteroatoms. The molecule has 5 atom stereocenters. The van der Waals surface area contributed by atoms with Crippen molar-refractivity contribution in [3.05, 3.63) is 0 Å². The van der Waals surface area contributed by atoms with Crippen molar-refractivity contribution < 1.29 is 29.4 Å². The summed E-state index contributed by atoms with van der Waals surface area (Å²) in [5, 5.41) is 23.1. The first kappa shape index (κ1) is 28.1. The average molecular weight is 472 g/mol. The summed E-state index contributed by atoms with van der Waals surface area (Å²) in [4.78, 5) is 54.9. The van der Waals surface area contributed by atoms with Crippen LogP contribution < -0.4 is 27.8 Å². The van der Waals surface area contributed by atoms with Crippen LogP contribution in [-0.2, 0) is 19.2 Å². The Labute approximate surface area is 193 Å². The highest BCUT2D eigenvalue weighted by Gasteiger charge is 2.38. The van der Waals surface area contributed by atoms with E-state index in [1.165, 1.54) is 4.90 Å². The molecule has 1 aliphatic rings. The third kappa shape index (κ3) is 8.50. The Morgan fingerprint density at radius 3 is 2.39 bits per heavy atom. The third-order valence-electron chi connectivity index (χ3n) is 5.76. The van der Waals surface area contributed by atoms with E-state index in [9.17, 15) is 24.3 Å². The van der Waals surface area contributed by atoms with Crippen LogP contribution in [0.15, 0.2) is 4.99 Å². The lowest BCUT2D eigenvalue weighted by molar-refractivity contribution is -0.144. The summed E-state index contributed by atoms with van der Waals surface area (Å²) in [5.41, 5.74) is 16.6. The fourth-order valence-corrected chi connectivity index (χ4v) is 3.49. The van der Waals surface area contributed by atoms with Crippen molar-refractivity contribution in [3.63, 3.8) is 0 Å². The van der Waals surface area contributed by atoms with Gasteiger partial charge in [-0.15, -0.1) is 0 Å². The molecule has 1 rings (SSSR count). The maximum Gasteiger partial charge on any atom is 0.328 e. The molecule has 1 aliphatic heterocycles. The second-order valence-electron chi connectivity index (χ2n) is 8.19. The van der Waals surface area contributed by atoms with Gasteiger partial charge in [-0.1, -0.05) is 20.3 Å². The molecule has 0 radical (unpaired) electrons. The minimum absolute atomic E-state index is 0.0534. The Morgan fingerprint density at radius 1 is 1.18 bits per heavy atom. The molecule has 0 aliphatic carbocycles. The second-order valence-corrected chi connectivity index (χ2v) is 8.19. The minimum atomic E-state index is -1.52. The molecule has 0 bridgehead atoms. The van der Waals surface area contributed by atoms with Crippen molar-refractivity contribution in [1.29, 1.82) is 0 Å². The molecule has 33 heavy (non-hydrogen) atoms. The molecule has 0 spiro atoms. The number of carboxylic acids is 1. The number of aliphatic hydroxyl groups excluding tert-OH is 1. The first-order valence-corrected chi connectivity index (χ1v) is 11.1. The van der Waals surface area contributed by atoms with Crippen LogP contribution in [0.25, 0.3) is 0 Å². The van der Waals surface area contributed by atoms with Gasteiger partial charge in [0.05, 0.1) is 12.6 Å². The van der Waals surface area contributed by atoms with Gasteiger partial charge in [0, 0.05) is 13.1 Å². The van der Waals surface area contributed by atoms with Gasteiger partial charge in [0.2, 0.25) is 17.7 Å². The van der Waals surface area contributed by atoms with Crippen LogP contribution in [0.2, 0.25) is 0 Å². The molecule has 13 nitrogen and oxygen atoms in total. The minimum Gasteiger partial charge on any atom is -0.480 e. The van der Waals surface area contributed by atoms with Gasteiger partial charge in [0.1, 0.15) is 18.1 Å². The number of likely N-dealkylation sites (tertiary alicyclic amines) is 1. The lowest BCUT2D eigenvalue weighted by Crippen LogP contribution is -2.57. The molecule has 1 saturated heterocycles. The SMILES string of the molecule is CCC(C)C(N)C(=O)N1CCCC1C(=O)NC(CCCN=C(N)N)C(=O)NC(CO)C(=O)O. The number of carbonyl (C=O) groups excluding carboxylic acids is 3. The quantitative estimate of drug-likeness (QED) is 0.0850. The smallest absolute Gasteiger partial charge is 0.328 e. The second kappa shape index (κ2) is 13.6. The zero-order chi connectivity index (χ0) is 25.1. The highest BCUT2D eigenvalue weighted by molar-refractivity contribution is 5.94. The molecular weight excluding hydrogens is 434 g/mol. The van der Waals surface area contributed by atoms with E-state index in [2.05, 4.69) is 15.6 Å². The van der Waals surface area contributed by atoms with E-state index < -0.39 is 48.6 Å². The fourth-order valence-electron chi connectivity index (χ4n) is 3.49. The summed E-state index contributed by atoms with van der Waals surface area (Å²) >= 11 is 0. The first-order chi connectivity index (χ1) is 15.5. The zero-order valence-corrected chi connectivity index (χ0v) is 19.2. The number of nitrogens with one attached hydrogen (secondary N) is 2. The Morgan fingerprint density at radius 2 is 1.85 bits per heavy atom. The number of carboxylic acid groups (broad SMARTS) is 1. The number of aliphatic carboxylic acids is 1. The number of carbonyl (C=O) groups is 4. The average Bonchev–Trinajstić information content (AvgIpc) is 3.27. The maximum atomic E-state index is 13.0. The van der Waals surface area contributed by atoms with Crippen molar-refractivity contribution in [3.8, 4) is 0 Å². The van der Waals surface area contributed by atoms with Gasteiger partial charge >= 0.3 is 5.97 Å². The number of amides is 3. The number of guanidine groups is 1. The third-order valence-corrected chi connectivity index (χ3v) is 5.76. The van der Waals surface area contributed by atoms with Crippen molar-refractivity contribution in [2.75, 3.05) is 19.7 Å². The molecule has 0 aromatic heterocycles. The summed E-state index contributed by atoms with van der Waals surface area (Å²) in [6.45, 7) is 3.56. The molecule has 188 valence electrons. The van der Waals surface area contributed by atoms with Crippen molar-refractivity contribution in [2.24, 2.45) is 28.1 Å². The van der Waals surface area contributed by atoms with Crippen LogP contribution in [0.4, 0.5) is 0 Å². The van der Waals surface area contributed by atoms with Gasteiger partial charge in [-0.3, -0.25) is 19.4 Å². The largest absolute Gasteiger partial charge is 0.480 e. The van der Waals surface area contributed by atoms with Crippen LogP contribution in [-0.4, -0.2) is 88.6 Å². The lowest BCUT2D eigenvalue weighted by atomic mass is 9.98. The molecular formula is C20H37N7O6. The number of hydrogen-bond donors (Lipinski definition) is 7. The van der Waals surface area contributed by atoms with E-state index in [0.29, 0.717) is 32.2 Å². The van der Waals surface area contributed by atoms with Gasteiger partial charge in [-0.25, -0.2) is 4.79 Å². The molecule has 3 amide bonds. The zero-order valence-electron chi connectivity index (χ0n) is 19.2. The molecule has 1 heterocycles. The standard InChI is InChI=1S/C20H37N7O6/c1-3-11(2)15(21)18(31)27-9-5-7-14(27)17(30)25-12(6-4-8-24-20(22)23)16(29)26-13(10-28)19(32)33/h11-15,28H,3-10,21H2,1-2H3,(H,25,30)(H,26,29)(H,32,33)(H4,22,23,24). The number of aliphatic imine (C=N–C) groups is 1. The molecule has 1 fully saturated rings. The predicted octanol–water partition coefficient (Wildman–Crippen LogP) is -2.55. The molecule has 0 aromatic carbocycles. The van der Waals surface area contributed by atoms with Crippen molar-refractivity contribution in [1.82, 2.24) is 15.5 Å². The predicted molar refractivity (Wildman–Crippen MR) is 121 cm³/mol. The Bertz CT molecular complexity index is 728. The summed E-state index contributed by atoms with van der Waals surface area (Å²) in [6, 6.07) is -4.15. The highest BCUT2D eigenvalue weighted by atomic mass is 16.4. The Balaban J connectivity index is 2.93. The van der Waals surface area contributed by atoms with Gasteiger partial charge in [-0.05, 0) is 31.6 Å². The van der Waals surface area contributed by atoms with Crippen LogP contribution in [0.3, 0.4) is 0 Å². The van der Waals surface area contributed by atoms with E-state index in [0.717, 1.165) is 0 Å². The summed E-state index contributed by atoms with van der Waals surface area (Å²) in [6.07, 6.45) is 2.18. The molecule has 0 saturated carbocycles. The van der Waals surface area contributed by atoms with E-state index in [4.69, 9.17) is 22.3 Å².